The van der Waals surface area contributed by atoms with Gasteiger partial charge in [-0.15, -0.1) is 0 Å². The Hall–Kier alpha value is -3.61. The van der Waals surface area contributed by atoms with Crippen molar-refractivity contribution in [3.05, 3.63) is 76.6 Å². The number of nitrogens with zero attached hydrogens (tertiary/aromatic N) is 2. The number of para-hydroxylation sites is 1. The van der Waals surface area contributed by atoms with E-state index in [1.165, 1.54) is 17.9 Å². The number of anilines is 1. The average molecular weight is 365 g/mol. The molecule has 0 bridgehead atoms. The Bertz CT molecular complexity index is 1000. The number of amides is 1. The Labute approximate surface area is 156 Å². The monoisotopic (exact) mass is 365 g/mol. The third-order valence-corrected chi connectivity index (χ3v) is 3.73. The molecule has 0 aliphatic heterocycles. The predicted octanol–water partition coefficient (Wildman–Crippen LogP) is 2.89. The van der Waals surface area contributed by atoms with Crippen molar-refractivity contribution in [2.75, 3.05) is 19.0 Å². The predicted molar refractivity (Wildman–Crippen MR) is 102 cm³/mol. The summed E-state index contributed by atoms with van der Waals surface area (Å²) >= 11 is 0. The lowest BCUT2D eigenvalue weighted by Crippen LogP contribution is -2.26. The van der Waals surface area contributed by atoms with E-state index in [9.17, 15) is 9.59 Å². The molecule has 0 saturated carbocycles. The van der Waals surface area contributed by atoms with Gasteiger partial charge in [0.05, 0.1) is 25.5 Å². The van der Waals surface area contributed by atoms with Crippen LogP contribution in [0.25, 0.3) is 5.69 Å². The lowest BCUT2D eigenvalue weighted by atomic mass is 10.2. The number of aromatic nitrogens is 2. The maximum absolute atomic E-state index is 12.6. The molecule has 0 radical (unpaired) electrons. The quantitative estimate of drug-likeness (QED) is 0.726. The van der Waals surface area contributed by atoms with Gasteiger partial charge in [-0.25, -0.2) is 4.68 Å². The van der Waals surface area contributed by atoms with Crippen molar-refractivity contribution in [2.45, 2.75) is 6.92 Å². The average Bonchev–Trinajstić information content (AvgIpc) is 2.69. The molecule has 7 nitrogen and oxygen atoms in total. The van der Waals surface area contributed by atoms with Gasteiger partial charge in [-0.2, -0.15) is 5.10 Å². The van der Waals surface area contributed by atoms with E-state index in [1.54, 1.807) is 24.3 Å². The number of hydrogen-bond donors (Lipinski definition) is 1. The minimum Gasteiger partial charge on any atom is -0.497 e. The third kappa shape index (κ3) is 4.14. The summed E-state index contributed by atoms with van der Waals surface area (Å²) in [5.41, 5.74) is 0.424. The van der Waals surface area contributed by atoms with E-state index in [1.807, 2.05) is 37.3 Å². The highest BCUT2D eigenvalue weighted by Crippen LogP contribution is 2.18. The molecule has 0 spiro atoms. The molecule has 0 fully saturated rings. The van der Waals surface area contributed by atoms with Crippen LogP contribution in [0, 0.1) is 0 Å². The minimum absolute atomic E-state index is 0.231. The maximum atomic E-state index is 12.6. The molecule has 0 saturated heterocycles. The van der Waals surface area contributed by atoms with Crippen molar-refractivity contribution in [1.29, 1.82) is 0 Å². The second kappa shape index (κ2) is 8.18. The highest BCUT2D eigenvalue weighted by Gasteiger charge is 2.17. The molecule has 3 rings (SSSR count). The summed E-state index contributed by atoms with van der Waals surface area (Å²) in [6.07, 6.45) is 0. The lowest BCUT2D eigenvalue weighted by Gasteiger charge is -2.13. The zero-order chi connectivity index (χ0) is 19.2. The summed E-state index contributed by atoms with van der Waals surface area (Å²) in [4.78, 5) is 25.0. The van der Waals surface area contributed by atoms with Gasteiger partial charge in [-0.3, -0.25) is 9.59 Å². The van der Waals surface area contributed by atoms with E-state index >= 15 is 0 Å². The van der Waals surface area contributed by atoms with E-state index in [0.717, 1.165) is 0 Å². The van der Waals surface area contributed by atoms with Crippen LogP contribution in [0.5, 0.6) is 11.6 Å². The van der Waals surface area contributed by atoms with Crippen molar-refractivity contribution in [3.63, 3.8) is 0 Å². The molecular weight excluding hydrogens is 346 g/mol. The summed E-state index contributed by atoms with van der Waals surface area (Å²) in [7, 11) is 1.54. The number of ether oxygens (including phenoxy) is 2. The Kier molecular flexibility index (Phi) is 5.51. The fraction of sp³-hybridized carbons (Fsp3) is 0.150. The zero-order valence-corrected chi connectivity index (χ0v) is 15.0. The van der Waals surface area contributed by atoms with Gasteiger partial charge < -0.3 is 14.8 Å². The largest absolute Gasteiger partial charge is 0.497 e. The molecule has 1 heterocycles. The van der Waals surface area contributed by atoms with Crippen molar-refractivity contribution >= 4 is 11.6 Å². The van der Waals surface area contributed by atoms with Crippen molar-refractivity contribution in [2.24, 2.45) is 0 Å². The van der Waals surface area contributed by atoms with Gasteiger partial charge in [0, 0.05) is 11.8 Å². The van der Waals surface area contributed by atoms with Crippen LogP contribution in [0.2, 0.25) is 0 Å². The summed E-state index contributed by atoms with van der Waals surface area (Å²) in [5, 5.41) is 6.90. The Morgan fingerprint density at radius 2 is 1.89 bits per heavy atom. The SMILES string of the molecule is CCOc1cc(=O)c(C(=O)Nc2cccc(OC)c2)nn1-c1ccccc1. The molecule has 1 aromatic heterocycles. The number of rotatable bonds is 6. The first-order valence-electron chi connectivity index (χ1n) is 8.40. The van der Waals surface area contributed by atoms with E-state index in [4.69, 9.17) is 9.47 Å². The van der Waals surface area contributed by atoms with E-state index in [0.29, 0.717) is 23.7 Å². The van der Waals surface area contributed by atoms with Crippen LogP contribution in [0.4, 0.5) is 5.69 Å². The molecule has 138 valence electrons. The van der Waals surface area contributed by atoms with E-state index in [-0.39, 0.29) is 11.6 Å². The van der Waals surface area contributed by atoms with Gasteiger partial charge in [0.2, 0.25) is 11.3 Å². The normalized spacial score (nSPS) is 10.3. The molecule has 1 N–H and O–H groups in total. The van der Waals surface area contributed by atoms with Gasteiger partial charge in [0.15, 0.2) is 5.69 Å². The summed E-state index contributed by atoms with van der Waals surface area (Å²) in [5.74, 6) is 0.252. The molecular formula is C20H19N3O4. The number of hydrogen-bond acceptors (Lipinski definition) is 5. The number of carbonyl (C=O) groups excluding carboxylic acids is 1. The molecule has 27 heavy (non-hydrogen) atoms. The number of methoxy groups -OCH3 is 1. The summed E-state index contributed by atoms with van der Waals surface area (Å²) < 4.78 is 12.1. The number of benzene rings is 2. The maximum Gasteiger partial charge on any atom is 0.280 e. The molecule has 0 aliphatic rings. The lowest BCUT2D eigenvalue weighted by molar-refractivity contribution is 0.101. The molecule has 2 aromatic carbocycles. The van der Waals surface area contributed by atoms with Gasteiger partial charge in [-0.1, -0.05) is 24.3 Å². The molecule has 3 aromatic rings. The van der Waals surface area contributed by atoms with Gasteiger partial charge >= 0.3 is 0 Å². The second-order valence-electron chi connectivity index (χ2n) is 5.56. The fourth-order valence-corrected chi connectivity index (χ4v) is 2.49. The van der Waals surface area contributed by atoms with E-state index in [2.05, 4.69) is 10.4 Å². The van der Waals surface area contributed by atoms with Gasteiger partial charge in [-0.05, 0) is 31.2 Å². The molecule has 0 unspecified atom stereocenters. The minimum atomic E-state index is -0.610. The first kappa shape index (κ1) is 18.2. The molecule has 0 atom stereocenters. The molecule has 7 heteroatoms. The van der Waals surface area contributed by atoms with Crippen LogP contribution in [-0.2, 0) is 0 Å². The van der Waals surface area contributed by atoms with Crippen LogP contribution in [0.3, 0.4) is 0 Å². The van der Waals surface area contributed by atoms with Crippen LogP contribution in [0.1, 0.15) is 17.4 Å². The first-order chi connectivity index (χ1) is 13.1. The smallest absolute Gasteiger partial charge is 0.280 e. The highest BCUT2D eigenvalue weighted by molar-refractivity contribution is 6.02. The van der Waals surface area contributed by atoms with E-state index < -0.39 is 11.3 Å². The van der Waals surface area contributed by atoms with Crippen LogP contribution < -0.4 is 20.2 Å². The van der Waals surface area contributed by atoms with Crippen molar-refractivity contribution in [1.82, 2.24) is 9.78 Å². The molecule has 1 amide bonds. The van der Waals surface area contributed by atoms with Gasteiger partial charge in [0.25, 0.3) is 5.91 Å². The fourth-order valence-electron chi connectivity index (χ4n) is 2.49. The number of carbonyl (C=O) groups is 1. The van der Waals surface area contributed by atoms with Crippen molar-refractivity contribution < 1.29 is 14.3 Å². The zero-order valence-electron chi connectivity index (χ0n) is 15.0. The van der Waals surface area contributed by atoms with Crippen molar-refractivity contribution in [3.8, 4) is 17.3 Å². The van der Waals surface area contributed by atoms with Gasteiger partial charge in [0.1, 0.15) is 5.75 Å². The summed E-state index contributed by atoms with van der Waals surface area (Å²) in [6, 6.07) is 17.3. The Morgan fingerprint density at radius 3 is 2.59 bits per heavy atom. The standard InChI is InChI=1S/C20H19N3O4/c1-3-27-18-13-17(24)19(22-23(18)15-9-5-4-6-10-15)20(25)21-14-8-7-11-16(12-14)26-2/h4-13H,3H2,1-2H3,(H,21,25). The first-order valence-corrected chi connectivity index (χ1v) is 8.40. The molecule has 0 aliphatic carbocycles. The topological polar surface area (TPSA) is 82.5 Å². The Morgan fingerprint density at radius 1 is 1.11 bits per heavy atom. The highest BCUT2D eigenvalue weighted by atomic mass is 16.5. The number of nitrogens with one attached hydrogen (secondary N) is 1. The van der Waals surface area contributed by atoms with Crippen LogP contribution >= 0.6 is 0 Å². The Balaban J connectivity index is 1.99. The van der Waals surface area contributed by atoms with Crippen LogP contribution in [-0.4, -0.2) is 29.4 Å². The second-order valence-corrected chi connectivity index (χ2v) is 5.56. The van der Waals surface area contributed by atoms with Crippen LogP contribution in [0.15, 0.2) is 65.5 Å². The summed E-state index contributed by atoms with van der Waals surface area (Å²) in [6.45, 7) is 2.17. The third-order valence-electron chi connectivity index (χ3n) is 3.73.